The molecule has 1 heterocycles. The molecule has 2 unspecified atom stereocenters. The molecule has 2 aromatic carbocycles. The second kappa shape index (κ2) is 13.4. The Labute approximate surface area is 232 Å². The molecule has 2 atom stereocenters. The topological polar surface area (TPSA) is 29.3 Å². The van der Waals surface area contributed by atoms with Crippen LogP contribution >= 0.6 is 0 Å². The van der Waals surface area contributed by atoms with Crippen LogP contribution in [0, 0.1) is 5.92 Å². The highest BCUT2D eigenvalue weighted by Gasteiger charge is 2.25. The first-order valence-electron chi connectivity index (χ1n) is 14.7. The summed E-state index contributed by atoms with van der Waals surface area (Å²) in [6.07, 6.45) is 14.5. The molecule has 1 aliphatic heterocycles. The quantitative estimate of drug-likeness (QED) is 0.271. The molecule has 2 nitrogen and oxygen atoms in total. The number of hydrogen-bond donors (Lipinski definition) is 1. The van der Waals surface area contributed by atoms with Gasteiger partial charge >= 0.3 is 0 Å². The number of rotatable bonds is 9. The van der Waals surface area contributed by atoms with E-state index < -0.39 is 0 Å². The summed E-state index contributed by atoms with van der Waals surface area (Å²) in [6.45, 7) is 18.1. The van der Waals surface area contributed by atoms with Crippen molar-refractivity contribution in [3.8, 4) is 0 Å². The lowest BCUT2D eigenvalue weighted by atomic mass is 9.78. The van der Waals surface area contributed by atoms with Crippen LogP contribution in [0.1, 0.15) is 93.0 Å². The van der Waals surface area contributed by atoms with Gasteiger partial charge in [0.1, 0.15) is 0 Å². The van der Waals surface area contributed by atoms with E-state index >= 15 is 0 Å². The number of piperidine rings is 1. The van der Waals surface area contributed by atoms with Gasteiger partial charge in [0.15, 0.2) is 0 Å². The van der Waals surface area contributed by atoms with E-state index in [4.69, 9.17) is 5.73 Å². The highest BCUT2D eigenvalue weighted by molar-refractivity contribution is 5.73. The third kappa shape index (κ3) is 7.24. The second-order valence-corrected chi connectivity index (χ2v) is 11.6. The Bertz CT molecular complexity index is 1160. The maximum Gasteiger partial charge on any atom is 0.0233 e. The Kier molecular flexibility index (Phi) is 9.99. The lowest BCUT2D eigenvalue weighted by Gasteiger charge is -2.33. The van der Waals surface area contributed by atoms with E-state index in [1.165, 1.54) is 70.2 Å². The van der Waals surface area contributed by atoms with Crippen LogP contribution in [0.15, 0.2) is 79.4 Å². The van der Waals surface area contributed by atoms with Crippen molar-refractivity contribution in [1.82, 2.24) is 4.90 Å². The number of nitrogens with two attached hydrogens (primary N) is 1. The van der Waals surface area contributed by atoms with E-state index in [1.807, 2.05) is 0 Å². The van der Waals surface area contributed by atoms with Crippen molar-refractivity contribution in [2.24, 2.45) is 11.7 Å². The van der Waals surface area contributed by atoms with Gasteiger partial charge in [-0.05, 0) is 124 Å². The van der Waals surface area contributed by atoms with Crippen molar-refractivity contribution < 1.29 is 0 Å². The van der Waals surface area contributed by atoms with Crippen LogP contribution in [0.3, 0.4) is 0 Å². The third-order valence-electron chi connectivity index (χ3n) is 8.78. The van der Waals surface area contributed by atoms with Crippen LogP contribution < -0.4 is 5.73 Å². The maximum absolute atomic E-state index is 6.50. The van der Waals surface area contributed by atoms with E-state index in [0.717, 1.165) is 38.9 Å². The third-order valence-corrected chi connectivity index (χ3v) is 8.78. The number of benzene rings is 2. The first-order chi connectivity index (χ1) is 18.4. The van der Waals surface area contributed by atoms with E-state index in [-0.39, 0.29) is 6.04 Å². The zero-order valence-electron chi connectivity index (χ0n) is 24.0. The summed E-state index contributed by atoms with van der Waals surface area (Å²) < 4.78 is 0. The van der Waals surface area contributed by atoms with Crippen LogP contribution in [0.25, 0.3) is 11.1 Å². The summed E-state index contributed by atoms with van der Waals surface area (Å²) in [5.74, 6) is 1.25. The summed E-state index contributed by atoms with van der Waals surface area (Å²) in [6, 6.07) is 16.6. The van der Waals surface area contributed by atoms with Gasteiger partial charge in [-0.25, -0.2) is 0 Å². The van der Waals surface area contributed by atoms with Gasteiger partial charge in [0.05, 0.1) is 0 Å². The lowest BCUT2D eigenvalue weighted by Crippen LogP contribution is -2.34. The molecule has 2 fully saturated rings. The fourth-order valence-corrected chi connectivity index (χ4v) is 6.42. The predicted octanol–water partition coefficient (Wildman–Crippen LogP) is 8.69. The molecule has 0 spiro atoms. The Morgan fingerprint density at radius 3 is 2.42 bits per heavy atom. The number of aryl methyl sites for hydroxylation is 1. The molecule has 4 rings (SSSR count). The normalized spacial score (nSPS) is 21.8. The monoisotopic (exact) mass is 508 g/mol. The minimum absolute atomic E-state index is 0.270. The first-order valence-corrected chi connectivity index (χ1v) is 14.7. The van der Waals surface area contributed by atoms with Gasteiger partial charge in [0, 0.05) is 12.6 Å². The summed E-state index contributed by atoms with van der Waals surface area (Å²) in [7, 11) is 0. The van der Waals surface area contributed by atoms with Gasteiger partial charge in [0.2, 0.25) is 0 Å². The summed E-state index contributed by atoms with van der Waals surface area (Å²) in [4.78, 5) is 2.62. The molecular formula is C36H48N2. The average Bonchev–Trinajstić information content (AvgIpc) is 2.92. The SMILES string of the molecule is C=C1CCC(CCc2cc(C3CCN(Cc4ccc(C(/C=C\C)=C/C)cc4)CC3)ccc2C(=C)C)C(N)C1. The zero-order chi connectivity index (χ0) is 27.1. The lowest BCUT2D eigenvalue weighted by molar-refractivity contribution is 0.204. The Morgan fingerprint density at radius 1 is 1.05 bits per heavy atom. The minimum Gasteiger partial charge on any atom is -0.327 e. The smallest absolute Gasteiger partial charge is 0.0233 e. The molecule has 0 bridgehead atoms. The van der Waals surface area contributed by atoms with Crippen molar-refractivity contribution in [2.75, 3.05) is 13.1 Å². The van der Waals surface area contributed by atoms with E-state index in [1.54, 1.807) is 0 Å². The van der Waals surface area contributed by atoms with E-state index in [9.17, 15) is 0 Å². The molecule has 0 amide bonds. The minimum atomic E-state index is 0.270. The van der Waals surface area contributed by atoms with E-state index in [0.29, 0.717) is 11.8 Å². The van der Waals surface area contributed by atoms with Gasteiger partial charge in [-0.2, -0.15) is 0 Å². The van der Waals surface area contributed by atoms with Crippen molar-refractivity contribution in [3.63, 3.8) is 0 Å². The number of likely N-dealkylation sites (tertiary alicyclic amines) is 1. The molecule has 2 heteroatoms. The molecule has 2 N–H and O–H groups in total. The summed E-state index contributed by atoms with van der Waals surface area (Å²) in [5, 5.41) is 0. The fraction of sp³-hybridized carbons (Fsp3) is 0.444. The van der Waals surface area contributed by atoms with Crippen LogP contribution in [-0.2, 0) is 13.0 Å². The average molecular weight is 509 g/mol. The Balaban J connectivity index is 1.35. The van der Waals surface area contributed by atoms with Crippen LogP contribution in [0.2, 0.25) is 0 Å². The van der Waals surface area contributed by atoms with Crippen molar-refractivity contribution in [2.45, 2.75) is 84.2 Å². The van der Waals surface area contributed by atoms with Crippen molar-refractivity contribution in [1.29, 1.82) is 0 Å². The molecule has 38 heavy (non-hydrogen) atoms. The maximum atomic E-state index is 6.50. The highest BCUT2D eigenvalue weighted by atomic mass is 15.1. The van der Waals surface area contributed by atoms with Crippen molar-refractivity contribution >= 4 is 11.1 Å². The van der Waals surface area contributed by atoms with Crippen LogP contribution in [-0.4, -0.2) is 24.0 Å². The number of nitrogens with zero attached hydrogens (tertiary/aromatic N) is 1. The Morgan fingerprint density at radius 2 is 1.79 bits per heavy atom. The first kappa shape index (κ1) is 28.3. The van der Waals surface area contributed by atoms with Gasteiger partial charge in [-0.1, -0.05) is 85.0 Å². The van der Waals surface area contributed by atoms with Gasteiger partial charge < -0.3 is 5.73 Å². The number of allylic oxidation sites excluding steroid dienone is 5. The molecular weight excluding hydrogens is 460 g/mol. The molecule has 0 radical (unpaired) electrons. The molecule has 1 aliphatic carbocycles. The molecule has 1 saturated carbocycles. The van der Waals surface area contributed by atoms with Crippen LogP contribution in [0.4, 0.5) is 0 Å². The Hall–Kier alpha value is -2.68. The highest BCUT2D eigenvalue weighted by Crippen LogP contribution is 2.34. The standard InChI is InChI=1S/C36H48N2/c1-6-8-29(7-2)30-13-10-28(11-14-30)25-38-21-19-31(20-22-38)33-17-18-35(26(3)4)34(24-33)16-15-32-12-9-27(5)23-36(32)37/h6-8,10-11,13-14,17-18,24,31-32,36H,3,5,9,12,15-16,19-23,25,37H2,1-2,4H3/b8-6-,29-7+. The summed E-state index contributed by atoms with van der Waals surface area (Å²) >= 11 is 0. The molecule has 0 aromatic heterocycles. The molecule has 202 valence electrons. The molecule has 2 aliphatic rings. The van der Waals surface area contributed by atoms with Gasteiger partial charge in [-0.3, -0.25) is 4.90 Å². The van der Waals surface area contributed by atoms with Gasteiger partial charge in [0.25, 0.3) is 0 Å². The second-order valence-electron chi connectivity index (χ2n) is 11.6. The van der Waals surface area contributed by atoms with Crippen molar-refractivity contribution in [3.05, 3.63) is 107 Å². The van der Waals surface area contributed by atoms with Crippen LogP contribution in [0.5, 0.6) is 0 Å². The number of hydrogen-bond acceptors (Lipinski definition) is 2. The van der Waals surface area contributed by atoms with Gasteiger partial charge in [-0.15, -0.1) is 0 Å². The largest absolute Gasteiger partial charge is 0.327 e. The molecule has 1 saturated heterocycles. The molecule has 2 aromatic rings. The van der Waals surface area contributed by atoms with E-state index in [2.05, 4.69) is 99.5 Å². The zero-order valence-corrected chi connectivity index (χ0v) is 24.0. The predicted molar refractivity (Wildman–Crippen MR) is 166 cm³/mol. The fourth-order valence-electron chi connectivity index (χ4n) is 6.42. The summed E-state index contributed by atoms with van der Waals surface area (Å²) in [5.41, 5.74) is 17.3.